The summed E-state index contributed by atoms with van der Waals surface area (Å²) in [6, 6.07) is 0.361. The molecule has 0 heterocycles. The van der Waals surface area contributed by atoms with E-state index in [1.165, 1.54) is 6.42 Å². The van der Waals surface area contributed by atoms with Crippen LogP contribution in [0.5, 0.6) is 0 Å². The first-order valence-corrected chi connectivity index (χ1v) is 9.65. The zero-order valence-electron chi connectivity index (χ0n) is 16.2. The molecule has 0 aromatic carbocycles. The van der Waals surface area contributed by atoms with Gasteiger partial charge >= 0.3 is 6.03 Å². The Labute approximate surface area is 147 Å². The molecule has 0 spiro atoms. The first kappa shape index (κ1) is 20.8. The number of hydrogen-bond acceptors (Lipinski definition) is 2. The van der Waals surface area contributed by atoms with Crippen molar-refractivity contribution in [2.75, 3.05) is 0 Å². The van der Waals surface area contributed by atoms with Crippen LogP contribution in [0.15, 0.2) is 0 Å². The normalized spacial score (nSPS) is 22.3. The topological polar surface area (TPSA) is 70.2 Å². The van der Waals surface area contributed by atoms with Gasteiger partial charge in [0.25, 0.3) is 0 Å². The van der Waals surface area contributed by atoms with Gasteiger partial charge < -0.3 is 16.0 Å². The first-order valence-electron chi connectivity index (χ1n) is 9.65. The monoisotopic (exact) mass is 339 g/mol. The standard InChI is InChI=1S/C19H37N3O2/c1-13(2)8-6-9-15(5)21-19(24)22-17-11-7-10-16(12-17)18(23)20-14(3)4/h13-17H,6-12H2,1-5H3,(H,20,23)(H2,21,22,24). The molecule has 1 fully saturated rings. The quantitative estimate of drug-likeness (QED) is 0.632. The first-order chi connectivity index (χ1) is 11.3. The van der Waals surface area contributed by atoms with Crippen molar-refractivity contribution >= 4 is 11.9 Å². The van der Waals surface area contributed by atoms with Gasteiger partial charge in [0.05, 0.1) is 0 Å². The fraction of sp³-hybridized carbons (Fsp3) is 0.895. The van der Waals surface area contributed by atoms with E-state index >= 15 is 0 Å². The molecule has 1 aliphatic rings. The van der Waals surface area contributed by atoms with Crippen molar-refractivity contribution in [3.63, 3.8) is 0 Å². The maximum Gasteiger partial charge on any atom is 0.315 e. The van der Waals surface area contributed by atoms with Gasteiger partial charge in [0.1, 0.15) is 0 Å². The number of urea groups is 1. The molecule has 3 N–H and O–H groups in total. The average Bonchev–Trinajstić information content (AvgIpc) is 2.46. The predicted octanol–water partition coefficient (Wildman–Crippen LogP) is 3.58. The molecule has 0 aromatic heterocycles. The lowest BCUT2D eigenvalue weighted by Gasteiger charge is -2.30. The highest BCUT2D eigenvalue weighted by atomic mass is 16.2. The van der Waals surface area contributed by atoms with Crippen LogP contribution in [0.25, 0.3) is 0 Å². The molecule has 3 atom stereocenters. The van der Waals surface area contributed by atoms with E-state index in [2.05, 4.69) is 36.7 Å². The molecular weight excluding hydrogens is 302 g/mol. The Morgan fingerprint density at radius 2 is 1.71 bits per heavy atom. The summed E-state index contributed by atoms with van der Waals surface area (Å²) in [4.78, 5) is 24.3. The Hall–Kier alpha value is -1.26. The Morgan fingerprint density at radius 1 is 1.00 bits per heavy atom. The molecule has 0 saturated heterocycles. The minimum atomic E-state index is -0.0954. The van der Waals surface area contributed by atoms with Crippen molar-refractivity contribution in [1.29, 1.82) is 0 Å². The SMILES string of the molecule is CC(C)CCCC(C)NC(=O)NC1CCCC(C(=O)NC(C)C)C1. The zero-order valence-corrected chi connectivity index (χ0v) is 16.2. The van der Waals surface area contributed by atoms with E-state index in [1.54, 1.807) is 0 Å². The van der Waals surface area contributed by atoms with Crippen LogP contribution in [0.2, 0.25) is 0 Å². The van der Waals surface area contributed by atoms with Gasteiger partial charge in [0.15, 0.2) is 0 Å². The number of hydrogen-bond donors (Lipinski definition) is 3. The van der Waals surface area contributed by atoms with Crippen molar-refractivity contribution in [2.24, 2.45) is 11.8 Å². The van der Waals surface area contributed by atoms with E-state index in [9.17, 15) is 9.59 Å². The lowest BCUT2D eigenvalue weighted by atomic mass is 9.85. The molecule has 24 heavy (non-hydrogen) atoms. The molecule has 140 valence electrons. The van der Waals surface area contributed by atoms with E-state index in [4.69, 9.17) is 0 Å². The summed E-state index contributed by atoms with van der Waals surface area (Å²) in [5.41, 5.74) is 0. The molecule has 3 amide bonds. The lowest BCUT2D eigenvalue weighted by molar-refractivity contribution is -0.126. The third-order valence-electron chi connectivity index (χ3n) is 4.61. The van der Waals surface area contributed by atoms with Gasteiger partial charge in [-0.25, -0.2) is 4.79 Å². The third-order valence-corrected chi connectivity index (χ3v) is 4.61. The Bertz CT molecular complexity index is 396. The van der Waals surface area contributed by atoms with E-state index in [-0.39, 0.29) is 36.0 Å². The summed E-state index contributed by atoms with van der Waals surface area (Å²) in [5.74, 6) is 0.857. The number of carbonyl (C=O) groups is 2. The zero-order chi connectivity index (χ0) is 18.1. The van der Waals surface area contributed by atoms with Crippen LogP contribution in [0, 0.1) is 11.8 Å². The summed E-state index contributed by atoms with van der Waals surface area (Å²) in [7, 11) is 0. The molecule has 3 unspecified atom stereocenters. The molecule has 1 saturated carbocycles. The van der Waals surface area contributed by atoms with E-state index in [0.717, 1.165) is 38.5 Å². The number of carbonyl (C=O) groups excluding carboxylic acids is 2. The fourth-order valence-corrected chi connectivity index (χ4v) is 3.32. The molecule has 0 radical (unpaired) electrons. The summed E-state index contributed by atoms with van der Waals surface area (Å²) in [6.07, 6.45) is 6.96. The molecule has 5 heteroatoms. The second-order valence-electron chi connectivity index (χ2n) is 8.07. The second kappa shape index (κ2) is 10.6. The third kappa shape index (κ3) is 8.55. The van der Waals surface area contributed by atoms with Crippen LogP contribution in [0.4, 0.5) is 4.79 Å². The van der Waals surface area contributed by atoms with Gasteiger partial charge in [-0.2, -0.15) is 0 Å². The van der Waals surface area contributed by atoms with Crippen molar-refractivity contribution in [3.8, 4) is 0 Å². The number of amides is 3. The van der Waals surface area contributed by atoms with Crippen LogP contribution in [-0.4, -0.2) is 30.1 Å². The summed E-state index contributed by atoms with van der Waals surface area (Å²) in [5, 5.41) is 9.07. The summed E-state index contributed by atoms with van der Waals surface area (Å²) >= 11 is 0. The molecule has 5 nitrogen and oxygen atoms in total. The van der Waals surface area contributed by atoms with Crippen molar-refractivity contribution in [2.45, 2.75) is 97.7 Å². The van der Waals surface area contributed by atoms with E-state index in [1.807, 2.05) is 13.8 Å². The van der Waals surface area contributed by atoms with E-state index in [0.29, 0.717) is 5.92 Å². The Kier molecular flexibility index (Phi) is 9.16. The predicted molar refractivity (Wildman–Crippen MR) is 98.8 cm³/mol. The largest absolute Gasteiger partial charge is 0.354 e. The van der Waals surface area contributed by atoms with Gasteiger partial charge in [0.2, 0.25) is 5.91 Å². The number of rotatable bonds is 8. The minimum Gasteiger partial charge on any atom is -0.354 e. The van der Waals surface area contributed by atoms with Gasteiger partial charge in [-0.05, 0) is 52.4 Å². The maximum atomic E-state index is 12.2. The van der Waals surface area contributed by atoms with Crippen molar-refractivity contribution in [3.05, 3.63) is 0 Å². The van der Waals surface area contributed by atoms with Crippen molar-refractivity contribution in [1.82, 2.24) is 16.0 Å². The Balaban J connectivity index is 2.31. The van der Waals surface area contributed by atoms with Gasteiger partial charge in [-0.1, -0.05) is 33.1 Å². The average molecular weight is 340 g/mol. The maximum absolute atomic E-state index is 12.2. The van der Waals surface area contributed by atoms with Gasteiger partial charge in [-0.15, -0.1) is 0 Å². The fourth-order valence-electron chi connectivity index (χ4n) is 3.32. The number of nitrogens with one attached hydrogen (secondary N) is 3. The molecule has 1 rings (SSSR count). The van der Waals surface area contributed by atoms with Crippen molar-refractivity contribution < 1.29 is 9.59 Å². The van der Waals surface area contributed by atoms with Crippen LogP contribution in [0.1, 0.15) is 79.6 Å². The van der Waals surface area contributed by atoms with Crippen LogP contribution in [-0.2, 0) is 4.79 Å². The van der Waals surface area contributed by atoms with Crippen LogP contribution < -0.4 is 16.0 Å². The van der Waals surface area contributed by atoms with Crippen LogP contribution >= 0.6 is 0 Å². The second-order valence-corrected chi connectivity index (χ2v) is 8.07. The molecule has 0 aliphatic heterocycles. The van der Waals surface area contributed by atoms with Gasteiger partial charge in [-0.3, -0.25) is 4.79 Å². The molecular formula is C19H37N3O2. The van der Waals surface area contributed by atoms with Crippen LogP contribution in [0.3, 0.4) is 0 Å². The smallest absolute Gasteiger partial charge is 0.315 e. The van der Waals surface area contributed by atoms with E-state index < -0.39 is 0 Å². The lowest BCUT2D eigenvalue weighted by Crippen LogP contribution is -2.48. The molecule has 1 aliphatic carbocycles. The molecule has 0 bridgehead atoms. The highest BCUT2D eigenvalue weighted by Gasteiger charge is 2.28. The summed E-state index contributed by atoms with van der Waals surface area (Å²) < 4.78 is 0. The van der Waals surface area contributed by atoms with Gasteiger partial charge in [0, 0.05) is 24.0 Å². The summed E-state index contributed by atoms with van der Waals surface area (Å²) in [6.45, 7) is 10.5. The molecule has 0 aromatic rings. The Morgan fingerprint density at radius 3 is 2.33 bits per heavy atom. The minimum absolute atomic E-state index is 0.0231. The highest BCUT2D eigenvalue weighted by molar-refractivity contribution is 5.79. The highest BCUT2D eigenvalue weighted by Crippen LogP contribution is 2.24.